The van der Waals surface area contributed by atoms with E-state index in [2.05, 4.69) is 27.0 Å². The van der Waals surface area contributed by atoms with Crippen LogP contribution in [0.25, 0.3) is 16.0 Å². The standard InChI is InChI=1S/C16H16N6S2/c1-3-9-21-13-12(24-16(21)23)14-19-20-15(22(14)10(2)17-13)18-11-7-5-4-6-8-11/h4-8H,3,9H2,1-2H3,(H,18,20). The van der Waals surface area contributed by atoms with Gasteiger partial charge in [-0.1, -0.05) is 36.5 Å². The summed E-state index contributed by atoms with van der Waals surface area (Å²) in [5, 5.41) is 12.0. The van der Waals surface area contributed by atoms with Gasteiger partial charge in [0.05, 0.1) is 0 Å². The summed E-state index contributed by atoms with van der Waals surface area (Å²) >= 11 is 7.05. The maximum atomic E-state index is 5.50. The molecule has 8 heteroatoms. The van der Waals surface area contributed by atoms with Crippen LogP contribution in [0.2, 0.25) is 0 Å². The molecule has 0 bridgehead atoms. The minimum Gasteiger partial charge on any atom is -0.324 e. The number of anilines is 2. The average Bonchev–Trinajstić information content (AvgIpc) is 3.12. The molecule has 0 radical (unpaired) electrons. The van der Waals surface area contributed by atoms with Crippen LogP contribution in [0, 0.1) is 10.9 Å². The van der Waals surface area contributed by atoms with Crippen LogP contribution in [0.4, 0.5) is 11.6 Å². The van der Waals surface area contributed by atoms with Gasteiger partial charge in [-0.3, -0.25) is 0 Å². The molecule has 0 saturated heterocycles. The molecule has 0 aliphatic rings. The summed E-state index contributed by atoms with van der Waals surface area (Å²) in [5.41, 5.74) is 2.65. The van der Waals surface area contributed by atoms with Gasteiger partial charge in [-0.05, 0) is 37.7 Å². The molecule has 1 N–H and O–H groups in total. The molecule has 0 aliphatic heterocycles. The van der Waals surface area contributed by atoms with Crippen LogP contribution >= 0.6 is 23.6 Å². The van der Waals surface area contributed by atoms with E-state index in [-0.39, 0.29) is 0 Å². The van der Waals surface area contributed by atoms with Crippen molar-refractivity contribution in [1.82, 2.24) is 24.1 Å². The monoisotopic (exact) mass is 356 g/mol. The summed E-state index contributed by atoms with van der Waals surface area (Å²) in [5.74, 6) is 1.49. The summed E-state index contributed by atoms with van der Waals surface area (Å²) in [6.07, 6.45) is 1.01. The zero-order valence-corrected chi connectivity index (χ0v) is 15.0. The Labute approximate surface area is 147 Å². The van der Waals surface area contributed by atoms with Gasteiger partial charge in [0.15, 0.2) is 15.2 Å². The van der Waals surface area contributed by atoms with E-state index in [1.807, 2.05) is 41.7 Å². The van der Waals surface area contributed by atoms with Crippen molar-refractivity contribution in [3.05, 3.63) is 40.1 Å². The molecule has 24 heavy (non-hydrogen) atoms. The molecule has 0 unspecified atom stereocenters. The highest BCUT2D eigenvalue weighted by molar-refractivity contribution is 7.73. The minimum atomic E-state index is 0.657. The van der Waals surface area contributed by atoms with Crippen LogP contribution in [-0.2, 0) is 6.54 Å². The number of thiazole rings is 1. The van der Waals surface area contributed by atoms with E-state index in [1.54, 1.807) is 11.3 Å². The van der Waals surface area contributed by atoms with Crippen molar-refractivity contribution in [3.63, 3.8) is 0 Å². The van der Waals surface area contributed by atoms with Crippen molar-refractivity contribution in [1.29, 1.82) is 0 Å². The maximum Gasteiger partial charge on any atom is 0.235 e. The third-order valence-electron chi connectivity index (χ3n) is 3.80. The lowest BCUT2D eigenvalue weighted by molar-refractivity contribution is 0.692. The number of aryl methyl sites for hydroxylation is 2. The second-order valence-corrected chi connectivity index (χ2v) is 7.15. The Hall–Kier alpha value is -2.32. The molecule has 6 nitrogen and oxygen atoms in total. The van der Waals surface area contributed by atoms with Crippen LogP contribution in [0.15, 0.2) is 30.3 Å². The van der Waals surface area contributed by atoms with E-state index < -0.39 is 0 Å². The molecule has 0 atom stereocenters. The van der Waals surface area contributed by atoms with Gasteiger partial charge in [0.25, 0.3) is 0 Å². The van der Waals surface area contributed by atoms with Crippen molar-refractivity contribution in [2.24, 2.45) is 0 Å². The minimum absolute atomic E-state index is 0.657. The molecule has 0 spiro atoms. The molecule has 4 rings (SSSR count). The normalized spacial score (nSPS) is 11.4. The molecule has 0 aliphatic carbocycles. The van der Waals surface area contributed by atoms with Crippen molar-refractivity contribution in [2.45, 2.75) is 26.8 Å². The molecule has 1 aromatic carbocycles. The SMILES string of the molecule is CCCn1c(=S)sc2c1nc(C)n1c(Nc3ccccc3)nnc21. The smallest absolute Gasteiger partial charge is 0.235 e. The molecule has 0 amide bonds. The second kappa shape index (κ2) is 5.95. The van der Waals surface area contributed by atoms with Crippen molar-refractivity contribution >= 4 is 51.2 Å². The van der Waals surface area contributed by atoms with Gasteiger partial charge in [0, 0.05) is 12.2 Å². The summed E-state index contributed by atoms with van der Waals surface area (Å²) in [6, 6.07) is 9.91. The van der Waals surface area contributed by atoms with E-state index in [9.17, 15) is 0 Å². The van der Waals surface area contributed by atoms with Gasteiger partial charge in [0.2, 0.25) is 5.95 Å². The van der Waals surface area contributed by atoms with Gasteiger partial charge in [0.1, 0.15) is 10.5 Å². The van der Waals surface area contributed by atoms with E-state index in [0.29, 0.717) is 5.95 Å². The summed E-state index contributed by atoms with van der Waals surface area (Å²) in [4.78, 5) is 4.77. The van der Waals surface area contributed by atoms with E-state index in [1.165, 1.54) is 0 Å². The van der Waals surface area contributed by atoms with Crippen LogP contribution in [-0.4, -0.2) is 24.1 Å². The highest BCUT2D eigenvalue weighted by atomic mass is 32.1. The number of benzene rings is 1. The van der Waals surface area contributed by atoms with E-state index in [4.69, 9.17) is 17.2 Å². The van der Waals surface area contributed by atoms with Crippen LogP contribution in [0.5, 0.6) is 0 Å². The number of nitrogens with zero attached hydrogens (tertiary/aromatic N) is 5. The largest absolute Gasteiger partial charge is 0.324 e. The lowest BCUT2D eigenvalue weighted by Gasteiger charge is -2.07. The molecular formula is C16H16N6S2. The van der Waals surface area contributed by atoms with Gasteiger partial charge in [-0.25, -0.2) is 9.38 Å². The van der Waals surface area contributed by atoms with Crippen LogP contribution in [0.1, 0.15) is 19.2 Å². The third kappa shape index (κ3) is 2.38. The Morgan fingerprint density at radius 1 is 1.17 bits per heavy atom. The molecule has 0 fully saturated rings. The third-order valence-corrected chi connectivity index (χ3v) is 5.24. The first-order chi connectivity index (χ1) is 11.7. The Bertz CT molecular complexity index is 1080. The van der Waals surface area contributed by atoms with Gasteiger partial charge in [-0.2, -0.15) is 0 Å². The zero-order valence-electron chi connectivity index (χ0n) is 13.4. The quantitative estimate of drug-likeness (QED) is 0.552. The van der Waals surface area contributed by atoms with Gasteiger partial charge in [-0.15, -0.1) is 10.2 Å². The van der Waals surface area contributed by atoms with Crippen molar-refractivity contribution in [3.8, 4) is 0 Å². The summed E-state index contributed by atoms with van der Waals surface area (Å²) in [7, 11) is 0. The highest BCUT2D eigenvalue weighted by Crippen LogP contribution is 2.28. The lowest BCUT2D eigenvalue weighted by Crippen LogP contribution is -2.04. The Morgan fingerprint density at radius 2 is 1.96 bits per heavy atom. The Kier molecular flexibility index (Phi) is 3.78. The topological polar surface area (TPSA) is 60.0 Å². The number of rotatable bonds is 4. The zero-order chi connectivity index (χ0) is 16.7. The van der Waals surface area contributed by atoms with Gasteiger partial charge < -0.3 is 9.88 Å². The average molecular weight is 356 g/mol. The molecule has 3 aromatic heterocycles. The van der Waals surface area contributed by atoms with Crippen LogP contribution in [0.3, 0.4) is 0 Å². The van der Waals surface area contributed by atoms with Crippen molar-refractivity contribution < 1.29 is 0 Å². The lowest BCUT2D eigenvalue weighted by atomic mass is 10.3. The fourth-order valence-electron chi connectivity index (χ4n) is 2.75. The Balaban J connectivity index is 1.92. The molecule has 4 aromatic rings. The number of nitrogens with one attached hydrogen (secondary N) is 1. The number of hydrogen-bond donors (Lipinski definition) is 1. The molecule has 122 valence electrons. The molecular weight excluding hydrogens is 340 g/mol. The van der Waals surface area contributed by atoms with Gasteiger partial charge >= 0.3 is 0 Å². The maximum absolute atomic E-state index is 5.50. The number of aromatic nitrogens is 5. The van der Waals surface area contributed by atoms with Crippen molar-refractivity contribution in [2.75, 3.05) is 5.32 Å². The fourth-order valence-corrected chi connectivity index (χ4v) is 4.11. The number of hydrogen-bond acceptors (Lipinski definition) is 6. The molecule has 3 heterocycles. The van der Waals surface area contributed by atoms with Crippen LogP contribution < -0.4 is 5.32 Å². The van der Waals surface area contributed by atoms with E-state index >= 15 is 0 Å². The first-order valence-electron chi connectivity index (χ1n) is 7.76. The summed E-state index contributed by atoms with van der Waals surface area (Å²) < 4.78 is 5.83. The summed E-state index contributed by atoms with van der Waals surface area (Å²) in [6.45, 7) is 4.96. The number of para-hydroxylation sites is 1. The predicted molar refractivity (Wildman–Crippen MR) is 99.7 cm³/mol. The Morgan fingerprint density at radius 3 is 2.71 bits per heavy atom. The van der Waals surface area contributed by atoms with E-state index in [0.717, 1.165) is 44.4 Å². The number of fused-ring (bicyclic) bond motifs is 3. The first-order valence-corrected chi connectivity index (χ1v) is 8.98. The second-order valence-electron chi connectivity index (χ2n) is 5.51. The highest BCUT2D eigenvalue weighted by Gasteiger charge is 2.17. The first kappa shape index (κ1) is 15.2. The predicted octanol–water partition coefficient (Wildman–Crippen LogP) is 4.33. The fraction of sp³-hybridized carbons (Fsp3) is 0.250. The molecule has 0 saturated carbocycles.